The van der Waals surface area contributed by atoms with Crippen LogP contribution in [-0.4, -0.2) is 45.9 Å². The summed E-state index contributed by atoms with van der Waals surface area (Å²) in [6.45, 7) is 0.776. The Bertz CT molecular complexity index is 879. The van der Waals surface area contributed by atoms with Gasteiger partial charge in [0.15, 0.2) is 0 Å². The molecule has 132 valence electrons. The number of nitrogens with zero attached hydrogens (tertiary/aromatic N) is 2. The molecule has 0 saturated heterocycles. The summed E-state index contributed by atoms with van der Waals surface area (Å²) < 4.78 is 38.2. The smallest absolute Gasteiger partial charge is 0.269 e. The molecule has 0 bridgehead atoms. The van der Waals surface area contributed by atoms with Gasteiger partial charge in [0, 0.05) is 12.5 Å². The van der Waals surface area contributed by atoms with Crippen LogP contribution < -0.4 is 9.47 Å². The summed E-state index contributed by atoms with van der Waals surface area (Å²) in [7, 11) is -0.841. The lowest BCUT2D eigenvalue weighted by Crippen LogP contribution is -2.35. The second kappa shape index (κ2) is 7.14. The second-order valence-corrected chi connectivity index (χ2v) is 7.39. The van der Waals surface area contributed by atoms with E-state index in [1.54, 1.807) is 12.1 Å². The Morgan fingerprint density at radius 1 is 1.08 bits per heavy atom. The van der Waals surface area contributed by atoms with Gasteiger partial charge in [-0.25, -0.2) is 8.42 Å². The van der Waals surface area contributed by atoms with Crippen molar-refractivity contribution in [2.45, 2.75) is 11.3 Å². The number of benzene rings is 2. The minimum absolute atomic E-state index is 0.0806. The SMILES string of the molecule is COc1ccc(OC)c(S(=O)(=O)N2CCN=C2Cc2ccccc2)c1. The summed E-state index contributed by atoms with van der Waals surface area (Å²) in [6.07, 6.45) is 0.465. The lowest BCUT2D eigenvalue weighted by molar-refractivity contribution is 0.390. The lowest BCUT2D eigenvalue weighted by atomic mass is 10.1. The van der Waals surface area contributed by atoms with Gasteiger partial charge in [0.05, 0.1) is 27.3 Å². The summed E-state index contributed by atoms with van der Waals surface area (Å²) >= 11 is 0. The average molecular weight is 360 g/mol. The van der Waals surface area contributed by atoms with Gasteiger partial charge in [-0.15, -0.1) is 0 Å². The summed E-state index contributed by atoms with van der Waals surface area (Å²) in [6, 6.07) is 14.4. The number of hydrogen-bond donors (Lipinski definition) is 0. The predicted molar refractivity (Wildman–Crippen MR) is 95.9 cm³/mol. The standard InChI is InChI=1S/C18H20N2O4S/c1-23-15-8-9-16(24-2)17(13-15)25(21,22)20-11-10-19-18(20)12-14-6-4-3-5-7-14/h3-9,13H,10-12H2,1-2H3. The number of hydrogen-bond acceptors (Lipinski definition) is 5. The normalized spacial score (nSPS) is 14.3. The van der Waals surface area contributed by atoms with Gasteiger partial charge in [-0.2, -0.15) is 0 Å². The highest BCUT2D eigenvalue weighted by Gasteiger charge is 2.33. The van der Waals surface area contributed by atoms with E-state index in [9.17, 15) is 8.42 Å². The van der Waals surface area contributed by atoms with Crippen molar-refractivity contribution in [2.75, 3.05) is 27.3 Å². The summed E-state index contributed by atoms with van der Waals surface area (Å²) in [4.78, 5) is 4.47. The van der Waals surface area contributed by atoms with Crippen molar-refractivity contribution in [3.8, 4) is 11.5 Å². The van der Waals surface area contributed by atoms with Gasteiger partial charge in [0.2, 0.25) is 0 Å². The van der Waals surface area contributed by atoms with Gasteiger partial charge in [-0.1, -0.05) is 30.3 Å². The van der Waals surface area contributed by atoms with Gasteiger partial charge >= 0.3 is 0 Å². The minimum Gasteiger partial charge on any atom is -0.497 e. The molecule has 25 heavy (non-hydrogen) atoms. The molecule has 0 unspecified atom stereocenters. The predicted octanol–water partition coefficient (Wildman–Crippen LogP) is 2.35. The van der Waals surface area contributed by atoms with Crippen molar-refractivity contribution in [2.24, 2.45) is 4.99 Å². The molecular weight excluding hydrogens is 340 g/mol. The zero-order chi connectivity index (χ0) is 17.9. The Morgan fingerprint density at radius 2 is 1.84 bits per heavy atom. The lowest BCUT2D eigenvalue weighted by Gasteiger charge is -2.22. The van der Waals surface area contributed by atoms with Crippen molar-refractivity contribution in [3.05, 3.63) is 54.1 Å². The van der Waals surface area contributed by atoms with Crippen molar-refractivity contribution in [1.82, 2.24) is 4.31 Å². The highest BCUT2D eigenvalue weighted by atomic mass is 32.2. The first-order valence-corrected chi connectivity index (χ1v) is 9.32. The Kier molecular flexibility index (Phi) is 4.94. The molecule has 0 aliphatic carbocycles. The third-order valence-electron chi connectivity index (χ3n) is 4.03. The Labute approximate surface area is 147 Å². The van der Waals surface area contributed by atoms with Gasteiger partial charge in [-0.3, -0.25) is 9.30 Å². The molecule has 3 rings (SSSR count). The van der Waals surface area contributed by atoms with Crippen LogP contribution in [0.15, 0.2) is 58.4 Å². The van der Waals surface area contributed by atoms with Crippen molar-refractivity contribution in [1.29, 1.82) is 0 Å². The number of methoxy groups -OCH3 is 2. The van der Waals surface area contributed by atoms with E-state index in [0.29, 0.717) is 31.1 Å². The van der Waals surface area contributed by atoms with E-state index in [4.69, 9.17) is 9.47 Å². The summed E-state index contributed by atoms with van der Waals surface area (Å²) in [5, 5.41) is 0. The number of sulfonamides is 1. The van der Waals surface area contributed by atoms with Crippen LogP contribution in [0.3, 0.4) is 0 Å². The van der Waals surface area contributed by atoms with E-state index in [1.165, 1.54) is 24.6 Å². The minimum atomic E-state index is -3.79. The molecule has 0 spiro atoms. The first-order chi connectivity index (χ1) is 12.1. The Balaban J connectivity index is 1.96. The van der Waals surface area contributed by atoms with E-state index >= 15 is 0 Å². The maximum absolute atomic E-state index is 13.2. The first kappa shape index (κ1) is 17.3. The van der Waals surface area contributed by atoms with Crippen LogP contribution in [0.2, 0.25) is 0 Å². The molecule has 0 atom stereocenters. The molecule has 2 aromatic rings. The van der Waals surface area contributed by atoms with E-state index in [0.717, 1.165) is 5.56 Å². The van der Waals surface area contributed by atoms with Crippen LogP contribution in [0.1, 0.15) is 5.56 Å². The van der Waals surface area contributed by atoms with Gasteiger partial charge in [0.25, 0.3) is 10.0 Å². The molecule has 0 N–H and O–H groups in total. The van der Waals surface area contributed by atoms with E-state index in [2.05, 4.69) is 4.99 Å². The second-order valence-electron chi connectivity index (χ2n) is 5.55. The molecule has 6 nitrogen and oxygen atoms in total. The summed E-state index contributed by atoms with van der Waals surface area (Å²) in [5.41, 5.74) is 1.01. The summed E-state index contributed by atoms with van der Waals surface area (Å²) in [5.74, 6) is 1.28. The fourth-order valence-corrected chi connectivity index (χ4v) is 4.39. The third kappa shape index (κ3) is 3.46. The molecule has 1 aliphatic heterocycles. The number of rotatable bonds is 6. The van der Waals surface area contributed by atoms with Gasteiger partial charge < -0.3 is 9.47 Å². The van der Waals surface area contributed by atoms with E-state index in [1.807, 2.05) is 30.3 Å². The molecule has 0 saturated carbocycles. The largest absolute Gasteiger partial charge is 0.497 e. The molecule has 0 radical (unpaired) electrons. The highest BCUT2D eigenvalue weighted by Crippen LogP contribution is 2.31. The molecule has 7 heteroatoms. The zero-order valence-corrected chi connectivity index (χ0v) is 15.0. The third-order valence-corrected chi connectivity index (χ3v) is 5.88. The monoisotopic (exact) mass is 360 g/mol. The van der Waals surface area contributed by atoms with Crippen LogP contribution in [0, 0.1) is 0 Å². The van der Waals surface area contributed by atoms with Gasteiger partial charge in [0.1, 0.15) is 22.2 Å². The van der Waals surface area contributed by atoms with Gasteiger partial charge in [-0.05, 0) is 17.7 Å². The maximum atomic E-state index is 13.2. The molecule has 0 amide bonds. The molecular formula is C18H20N2O4S. The van der Waals surface area contributed by atoms with E-state index < -0.39 is 10.0 Å². The fraction of sp³-hybridized carbons (Fsp3) is 0.278. The van der Waals surface area contributed by atoms with Crippen molar-refractivity contribution < 1.29 is 17.9 Å². The molecule has 0 fully saturated rings. The van der Waals surface area contributed by atoms with Crippen molar-refractivity contribution >= 4 is 15.9 Å². The molecule has 2 aromatic carbocycles. The van der Waals surface area contributed by atoms with Crippen LogP contribution in [0.4, 0.5) is 0 Å². The number of amidine groups is 1. The first-order valence-electron chi connectivity index (χ1n) is 7.88. The number of aliphatic imine (C=N–C) groups is 1. The van der Waals surface area contributed by atoms with Crippen LogP contribution in [0.5, 0.6) is 11.5 Å². The van der Waals surface area contributed by atoms with Crippen LogP contribution >= 0.6 is 0 Å². The molecule has 1 aliphatic rings. The van der Waals surface area contributed by atoms with Crippen LogP contribution in [-0.2, 0) is 16.4 Å². The average Bonchev–Trinajstić information content (AvgIpc) is 3.11. The van der Waals surface area contributed by atoms with Crippen molar-refractivity contribution in [3.63, 3.8) is 0 Å². The Morgan fingerprint density at radius 3 is 2.52 bits per heavy atom. The zero-order valence-electron chi connectivity index (χ0n) is 14.2. The van der Waals surface area contributed by atoms with E-state index in [-0.39, 0.29) is 10.6 Å². The fourth-order valence-electron chi connectivity index (χ4n) is 2.76. The van der Waals surface area contributed by atoms with Crippen LogP contribution in [0.25, 0.3) is 0 Å². The number of ether oxygens (including phenoxy) is 2. The quantitative estimate of drug-likeness (QED) is 0.793. The maximum Gasteiger partial charge on any atom is 0.269 e. The molecule has 1 heterocycles. The topological polar surface area (TPSA) is 68.2 Å². The Hall–Kier alpha value is -2.54. The molecule has 0 aromatic heterocycles. The highest BCUT2D eigenvalue weighted by molar-refractivity contribution is 7.89.